The molecule has 0 saturated carbocycles. The third-order valence-corrected chi connectivity index (χ3v) is 3.55. The molecule has 0 spiro atoms. The maximum absolute atomic E-state index is 13.4. The fourth-order valence-corrected chi connectivity index (χ4v) is 2.54. The number of rotatable bonds is 3. The molecule has 0 atom stereocenters. The molecule has 0 N–H and O–H groups in total. The molecule has 1 aromatic heterocycles. The summed E-state index contributed by atoms with van der Waals surface area (Å²) in [4.78, 5) is 0. The van der Waals surface area contributed by atoms with Crippen LogP contribution in [0.15, 0.2) is 48.7 Å². The highest BCUT2D eigenvalue weighted by Gasteiger charge is 2.08. The van der Waals surface area contributed by atoms with E-state index < -0.39 is 0 Å². The molecular formula is C16H13ClFNO. The van der Waals surface area contributed by atoms with E-state index in [0.29, 0.717) is 11.6 Å². The normalized spacial score (nSPS) is 10.9. The van der Waals surface area contributed by atoms with Crippen LogP contribution in [0.4, 0.5) is 4.39 Å². The lowest BCUT2D eigenvalue weighted by molar-refractivity contribution is 0.408. The average molecular weight is 290 g/mol. The first kappa shape index (κ1) is 13.0. The van der Waals surface area contributed by atoms with Crippen molar-refractivity contribution in [3.05, 3.63) is 65.1 Å². The van der Waals surface area contributed by atoms with Gasteiger partial charge in [0, 0.05) is 16.8 Å². The Balaban J connectivity index is 2.05. The van der Waals surface area contributed by atoms with Crippen LogP contribution in [0.1, 0.15) is 5.56 Å². The lowest BCUT2D eigenvalue weighted by Gasteiger charge is -2.11. The number of hydrogen-bond donors (Lipinski definition) is 0. The summed E-state index contributed by atoms with van der Waals surface area (Å²) in [7, 11) is 1.63. The third kappa shape index (κ3) is 2.37. The van der Waals surface area contributed by atoms with Gasteiger partial charge in [0.15, 0.2) is 0 Å². The van der Waals surface area contributed by atoms with Crippen LogP contribution >= 0.6 is 11.6 Å². The number of aromatic nitrogens is 1. The number of ether oxygens (including phenoxy) is 1. The summed E-state index contributed by atoms with van der Waals surface area (Å²) >= 11 is 6.03. The molecule has 3 aromatic rings. The topological polar surface area (TPSA) is 14.2 Å². The van der Waals surface area contributed by atoms with Gasteiger partial charge >= 0.3 is 0 Å². The second-order valence-electron chi connectivity index (χ2n) is 4.60. The van der Waals surface area contributed by atoms with E-state index in [1.165, 1.54) is 12.1 Å². The predicted molar refractivity (Wildman–Crippen MR) is 79.0 cm³/mol. The highest BCUT2D eigenvalue weighted by molar-refractivity contribution is 6.30. The molecule has 0 fully saturated rings. The Kier molecular flexibility index (Phi) is 3.36. The zero-order valence-corrected chi connectivity index (χ0v) is 11.7. The molecule has 1 heterocycles. The molecule has 102 valence electrons. The van der Waals surface area contributed by atoms with E-state index in [-0.39, 0.29) is 5.82 Å². The van der Waals surface area contributed by atoms with Gasteiger partial charge in [-0.05, 0) is 47.9 Å². The van der Waals surface area contributed by atoms with Crippen molar-refractivity contribution in [2.45, 2.75) is 6.54 Å². The minimum Gasteiger partial charge on any atom is -0.496 e. The van der Waals surface area contributed by atoms with Gasteiger partial charge in [-0.3, -0.25) is 0 Å². The largest absolute Gasteiger partial charge is 0.496 e. The Morgan fingerprint density at radius 2 is 2.00 bits per heavy atom. The van der Waals surface area contributed by atoms with Crippen molar-refractivity contribution in [3.63, 3.8) is 0 Å². The maximum atomic E-state index is 13.4. The fraction of sp³-hybridized carbons (Fsp3) is 0.125. The maximum Gasteiger partial charge on any atom is 0.125 e. The number of halogens is 2. The average Bonchev–Trinajstić information content (AvgIpc) is 2.82. The second kappa shape index (κ2) is 5.17. The lowest BCUT2D eigenvalue weighted by atomic mass is 10.2. The molecular weight excluding hydrogens is 277 g/mol. The quantitative estimate of drug-likeness (QED) is 0.693. The monoisotopic (exact) mass is 289 g/mol. The van der Waals surface area contributed by atoms with Crippen LogP contribution in [0.5, 0.6) is 5.75 Å². The van der Waals surface area contributed by atoms with Crippen molar-refractivity contribution in [3.8, 4) is 5.75 Å². The number of benzene rings is 2. The van der Waals surface area contributed by atoms with Crippen molar-refractivity contribution in [2.75, 3.05) is 7.11 Å². The minimum absolute atomic E-state index is 0.240. The van der Waals surface area contributed by atoms with E-state index in [0.717, 1.165) is 22.2 Å². The summed E-state index contributed by atoms with van der Waals surface area (Å²) in [6.45, 7) is 0.580. The standard InChI is InChI=1S/C16H13ClFNO/c1-20-16-5-3-13(17)8-12(16)10-19-7-6-11-2-4-14(18)9-15(11)19/h2-9H,10H2,1H3. The smallest absolute Gasteiger partial charge is 0.125 e. The van der Waals surface area contributed by atoms with Crippen LogP contribution < -0.4 is 4.74 Å². The number of methoxy groups -OCH3 is 1. The third-order valence-electron chi connectivity index (χ3n) is 3.32. The minimum atomic E-state index is -0.240. The molecule has 2 aromatic carbocycles. The Morgan fingerprint density at radius 3 is 2.80 bits per heavy atom. The molecule has 3 rings (SSSR count). The van der Waals surface area contributed by atoms with Crippen molar-refractivity contribution in [2.24, 2.45) is 0 Å². The van der Waals surface area contributed by atoms with E-state index in [9.17, 15) is 4.39 Å². The van der Waals surface area contributed by atoms with Gasteiger partial charge in [-0.2, -0.15) is 0 Å². The first-order chi connectivity index (χ1) is 9.67. The highest BCUT2D eigenvalue weighted by atomic mass is 35.5. The van der Waals surface area contributed by atoms with Crippen molar-refractivity contribution in [1.29, 1.82) is 0 Å². The summed E-state index contributed by atoms with van der Waals surface area (Å²) in [5.74, 6) is 0.531. The van der Waals surface area contributed by atoms with Crippen molar-refractivity contribution in [1.82, 2.24) is 4.57 Å². The van der Waals surface area contributed by atoms with E-state index in [2.05, 4.69) is 0 Å². The summed E-state index contributed by atoms with van der Waals surface area (Å²) in [5, 5.41) is 1.66. The lowest BCUT2D eigenvalue weighted by Crippen LogP contribution is -2.00. The molecule has 0 amide bonds. The van der Waals surface area contributed by atoms with E-state index in [1.807, 2.05) is 29.0 Å². The van der Waals surface area contributed by atoms with Gasteiger partial charge in [-0.1, -0.05) is 11.6 Å². The number of hydrogen-bond acceptors (Lipinski definition) is 1. The molecule has 0 unspecified atom stereocenters. The molecule has 0 radical (unpaired) electrons. The number of fused-ring (bicyclic) bond motifs is 1. The van der Waals surface area contributed by atoms with Crippen molar-refractivity contribution >= 4 is 22.5 Å². The zero-order chi connectivity index (χ0) is 14.1. The molecule has 4 heteroatoms. The van der Waals surface area contributed by atoms with Crippen LogP contribution in [0, 0.1) is 5.82 Å². The van der Waals surface area contributed by atoms with E-state index in [1.54, 1.807) is 19.2 Å². The first-order valence-corrected chi connectivity index (χ1v) is 6.62. The predicted octanol–water partition coefficient (Wildman–Crippen LogP) is 4.49. The van der Waals surface area contributed by atoms with Gasteiger partial charge in [0.1, 0.15) is 11.6 Å². The fourth-order valence-electron chi connectivity index (χ4n) is 2.35. The van der Waals surface area contributed by atoms with E-state index >= 15 is 0 Å². The van der Waals surface area contributed by atoms with Crippen molar-refractivity contribution < 1.29 is 9.13 Å². The van der Waals surface area contributed by atoms with Crippen LogP contribution in [0.2, 0.25) is 5.02 Å². The van der Waals surface area contributed by atoms with Gasteiger partial charge in [0.05, 0.1) is 19.2 Å². The molecule has 2 nitrogen and oxygen atoms in total. The molecule has 0 bridgehead atoms. The second-order valence-corrected chi connectivity index (χ2v) is 5.04. The van der Waals surface area contributed by atoms with Crippen LogP contribution in [0.25, 0.3) is 10.9 Å². The van der Waals surface area contributed by atoms with Gasteiger partial charge in [-0.15, -0.1) is 0 Å². The van der Waals surface area contributed by atoms with Crippen LogP contribution in [-0.4, -0.2) is 11.7 Å². The van der Waals surface area contributed by atoms with Gasteiger partial charge < -0.3 is 9.30 Å². The van der Waals surface area contributed by atoms with E-state index in [4.69, 9.17) is 16.3 Å². The van der Waals surface area contributed by atoms with Gasteiger partial charge in [-0.25, -0.2) is 4.39 Å². The van der Waals surface area contributed by atoms with Gasteiger partial charge in [0.2, 0.25) is 0 Å². The molecule has 0 aliphatic rings. The van der Waals surface area contributed by atoms with Crippen LogP contribution in [-0.2, 0) is 6.54 Å². The Labute approximate surface area is 121 Å². The highest BCUT2D eigenvalue weighted by Crippen LogP contribution is 2.25. The molecule has 0 saturated heterocycles. The summed E-state index contributed by atoms with van der Waals surface area (Å²) in [6, 6.07) is 12.2. The molecule has 0 aliphatic heterocycles. The Bertz CT molecular complexity index is 766. The molecule has 20 heavy (non-hydrogen) atoms. The summed E-state index contributed by atoms with van der Waals surface area (Å²) in [6.07, 6.45) is 1.93. The summed E-state index contributed by atoms with van der Waals surface area (Å²) < 4.78 is 20.7. The Hall–Kier alpha value is -2.00. The number of nitrogens with zero attached hydrogens (tertiary/aromatic N) is 1. The SMILES string of the molecule is COc1ccc(Cl)cc1Cn1ccc2ccc(F)cc21. The molecule has 0 aliphatic carbocycles. The first-order valence-electron chi connectivity index (χ1n) is 6.24. The van der Waals surface area contributed by atoms with Crippen LogP contribution in [0.3, 0.4) is 0 Å². The zero-order valence-electron chi connectivity index (χ0n) is 10.9. The summed E-state index contributed by atoms with van der Waals surface area (Å²) in [5.41, 5.74) is 1.81. The van der Waals surface area contributed by atoms with Gasteiger partial charge in [0.25, 0.3) is 0 Å². The Morgan fingerprint density at radius 1 is 1.15 bits per heavy atom.